The van der Waals surface area contributed by atoms with Gasteiger partial charge in [0.2, 0.25) is 0 Å². The van der Waals surface area contributed by atoms with E-state index in [1.807, 2.05) is 24.3 Å². The first-order valence-electron chi connectivity index (χ1n) is 4.63. The molecule has 0 atom stereocenters. The Kier molecular flexibility index (Phi) is 3.78. The van der Waals surface area contributed by atoms with E-state index in [-0.39, 0.29) is 7.43 Å². The Morgan fingerprint density at radius 3 is 1.25 bits per heavy atom. The lowest BCUT2D eigenvalue weighted by molar-refractivity contribution is 0.483. The first-order chi connectivity index (χ1) is 7.24. The van der Waals surface area contributed by atoms with Crippen LogP contribution in [0.25, 0.3) is 0 Å². The van der Waals surface area contributed by atoms with Crippen molar-refractivity contribution in [1.82, 2.24) is 0 Å². The molecule has 2 aromatic rings. The normalized spacial score (nSPS) is 9.25. The molecule has 0 aliphatic rings. The van der Waals surface area contributed by atoms with Crippen LogP contribution < -0.4 is 16.2 Å². The second-order valence-corrected chi connectivity index (χ2v) is 3.24. The van der Waals surface area contributed by atoms with Gasteiger partial charge in [0.15, 0.2) is 0 Å². The van der Waals surface area contributed by atoms with E-state index in [4.69, 9.17) is 16.2 Å². The molecule has 0 aromatic heterocycles. The van der Waals surface area contributed by atoms with Gasteiger partial charge < -0.3 is 16.2 Å². The summed E-state index contributed by atoms with van der Waals surface area (Å²) < 4.78 is 5.58. The molecule has 0 heterocycles. The zero-order valence-corrected chi connectivity index (χ0v) is 8.18. The number of nitrogens with two attached hydrogens (primary N) is 2. The van der Waals surface area contributed by atoms with Gasteiger partial charge in [-0.2, -0.15) is 0 Å². The summed E-state index contributed by atoms with van der Waals surface area (Å²) in [5.74, 6) is 1.52. The Morgan fingerprint density at radius 2 is 0.938 bits per heavy atom. The monoisotopic (exact) mass is 216 g/mol. The molecule has 0 unspecified atom stereocenters. The van der Waals surface area contributed by atoms with Crippen LogP contribution in [-0.2, 0) is 0 Å². The molecule has 0 radical (unpaired) electrons. The van der Waals surface area contributed by atoms with Gasteiger partial charge in [0, 0.05) is 11.4 Å². The van der Waals surface area contributed by atoms with E-state index in [0.29, 0.717) is 0 Å². The largest absolute Gasteiger partial charge is 0.457 e. The first-order valence-corrected chi connectivity index (χ1v) is 4.63. The van der Waals surface area contributed by atoms with E-state index in [9.17, 15) is 0 Å². The summed E-state index contributed by atoms with van der Waals surface area (Å²) in [7, 11) is 0. The first kappa shape index (κ1) is 11.9. The lowest BCUT2D eigenvalue weighted by Gasteiger charge is -2.05. The van der Waals surface area contributed by atoms with Crippen molar-refractivity contribution in [3.63, 3.8) is 0 Å². The third-order valence-corrected chi connectivity index (χ3v) is 2.00. The van der Waals surface area contributed by atoms with Gasteiger partial charge in [0.25, 0.3) is 0 Å². The molecule has 16 heavy (non-hydrogen) atoms. The van der Waals surface area contributed by atoms with E-state index in [1.54, 1.807) is 24.3 Å². The number of rotatable bonds is 2. The lowest BCUT2D eigenvalue weighted by Crippen LogP contribution is -1.87. The second kappa shape index (κ2) is 5.07. The molecule has 0 fully saturated rings. The van der Waals surface area contributed by atoms with Gasteiger partial charge in [-0.1, -0.05) is 7.43 Å². The van der Waals surface area contributed by atoms with Crippen molar-refractivity contribution in [3.8, 4) is 11.5 Å². The number of anilines is 2. The van der Waals surface area contributed by atoms with Gasteiger partial charge in [-0.15, -0.1) is 0 Å². The van der Waals surface area contributed by atoms with E-state index in [0.717, 1.165) is 22.9 Å². The molecule has 4 N–H and O–H groups in total. The molecule has 0 amide bonds. The SMILES string of the molecule is C.Nc1ccc(Oc2ccc(N)cc2)cc1. The highest BCUT2D eigenvalue weighted by molar-refractivity contribution is 5.45. The molecule has 2 aromatic carbocycles. The van der Waals surface area contributed by atoms with Crippen molar-refractivity contribution in [2.45, 2.75) is 7.43 Å². The van der Waals surface area contributed by atoms with Crippen LogP contribution in [0.1, 0.15) is 7.43 Å². The smallest absolute Gasteiger partial charge is 0.127 e. The zero-order chi connectivity index (χ0) is 10.7. The van der Waals surface area contributed by atoms with E-state index in [2.05, 4.69) is 0 Å². The maximum absolute atomic E-state index is 5.58. The average Bonchev–Trinajstić information content (AvgIpc) is 2.25. The van der Waals surface area contributed by atoms with Gasteiger partial charge in [-0.25, -0.2) is 0 Å². The molecule has 0 aliphatic carbocycles. The summed E-state index contributed by atoms with van der Waals surface area (Å²) in [5.41, 5.74) is 12.6. The highest BCUT2D eigenvalue weighted by Gasteiger charge is 1.96. The van der Waals surface area contributed by atoms with E-state index >= 15 is 0 Å². The molecule has 0 spiro atoms. The summed E-state index contributed by atoms with van der Waals surface area (Å²) in [6, 6.07) is 14.5. The highest BCUT2D eigenvalue weighted by atomic mass is 16.5. The molecule has 0 saturated heterocycles. The van der Waals surface area contributed by atoms with Crippen LogP contribution >= 0.6 is 0 Å². The van der Waals surface area contributed by atoms with Gasteiger partial charge in [-0.05, 0) is 48.5 Å². The Hall–Kier alpha value is -2.16. The molecule has 2 rings (SSSR count). The van der Waals surface area contributed by atoms with Crippen molar-refractivity contribution >= 4 is 11.4 Å². The van der Waals surface area contributed by atoms with Gasteiger partial charge in [0.05, 0.1) is 0 Å². The van der Waals surface area contributed by atoms with Crippen molar-refractivity contribution < 1.29 is 4.74 Å². The number of benzene rings is 2. The van der Waals surface area contributed by atoms with Crippen LogP contribution in [0.4, 0.5) is 11.4 Å². The van der Waals surface area contributed by atoms with Crippen molar-refractivity contribution in [1.29, 1.82) is 0 Å². The lowest BCUT2D eigenvalue weighted by atomic mass is 10.3. The Bertz CT molecular complexity index is 391. The predicted molar refractivity (Wildman–Crippen MR) is 68.5 cm³/mol. The number of ether oxygens (including phenoxy) is 1. The summed E-state index contributed by atoms with van der Waals surface area (Å²) in [6.45, 7) is 0. The molecule has 84 valence electrons. The molecule has 0 bridgehead atoms. The van der Waals surface area contributed by atoms with Crippen molar-refractivity contribution in [3.05, 3.63) is 48.5 Å². The van der Waals surface area contributed by atoms with Crippen LogP contribution in [0.3, 0.4) is 0 Å². The molecule has 3 nitrogen and oxygen atoms in total. The highest BCUT2D eigenvalue weighted by Crippen LogP contribution is 2.22. The molecular formula is C13H16N2O. The van der Waals surface area contributed by atoms with Gasteiger partial charge in [0.1, 0.15) is 11.5 Å². The van der Waals surface area contributed by atoms with Crippen LogP contribution in [0.5, 0.6) is 11.5 Å². The van der Waals surface area contributed by atoms with Crippen LogP contribution in [0.15, 0.2) is 48.5 Å². The number of nitrogen functional groups attached to an aromatic ring is 2. The van der Waals surface area contributed by atoms with Crippen molar-refractivity contribution in [2.24, 2.45) is 0 Å². The molecular weight excluding hydrogens is 200 g/mol. The van der Waals surface area contributed by atoms with Crippen LogP contribution in [-0.4, -0.2) is 0 Å². The maximum Gasteiger partial charge on any atom is 0.127 e. The summed E-state index contributed by atoms with van der Waals surface area (Å²) in [4.78, 5) is 0. The summed E-state index contributed by atoms with van der Waals surface area (Å²) in [6.07, 6.45) is 0. The Morgan fingerprint density at radius 1 is 0.625 bits per heavy atom. The van der Waals surface area contributed by atoms with Gasteiger partial charge in [-0.3, -0.25) is 0 Å². The molecule has 0 saturated carbocycles. The van der Waals surface area contributed by atoms with Crippen molar-refractivity contribution in [2.75, 3.05) is 11.5 Å². The fourth-order valence-electron chi connectivity index (χ4n) is 1.21. The van der Waals surface area contributed by atoms with Crippen LogP contribution in [0.2, 0.25) is 0 Å². The quantitative estimate of drug-likeness (QED) is 0.757. The molecule has 0 aliphatic heterocycles. The third kappa shape index (κ3) is 2.92. The minimum Gasteiger partial charge on any atom is -0.457 e. The average molecular weight is 216 g/mol. The third-order valence-electron chi connectivity index (χ3n) is 2.00. The maximum atomic E-state index is 5.58. The zero-order valence-electron chi connectivity index (χ0n) is 8.18. The molecule has 3 heteroatoms. The topological polar surface area (TPSA) is 61.3 Å². The fourth-order valence-corrected chi connectivity index (χ4v) is 1.21. The van der Waals surface area contributed by atoms with Crippen LogP contribution in [0, 0.1) is 0 Å². The second-order valence-electron chi connectivity index (χ2n) is 3.24. The summed E-state index contributed by atoms with van der Waals surface area (Å²) in [5, 5.41) is 0. The Balaban J connectivity index is 0.00000128. The number of hydrogen-bond acceptors (Lipinski definition) is 3. The Labute approximate surface area is 95.7 Å². The van der Waals surface area contributed by atoms with E-state index in [1.165, 1.54) is 0 Å². The fraction of sp³-hybridized carbons (Fsp3) is 0.0769. The minimum atomic E-state index is 0. The minimum absolute atomic E-state index is 0. The predicted octanol–water partition coefficient (Wildman–Crippen LogP) is 3.28. The number of hydrogen-bond donors (Lipinski definition) is 2. The van der Waals surface area contributed by atoms with E-state index < -0.39 is 0 Å². The van der Waals surface area contributed by atoms with Gasteiger partial charge >= 0.3 is 0 Å². The standard InChI is InChI=1S/C12H12N2O.CH4/c13-9-1-5-11(6-2-9)15-12-7-3-10(14)4-8-12;/h1-8H,13-14H2;1H4. The summed E-state index contributed by atoms with van der Waals surface area (Å²) >= 11 is 0.